The first-order chi connectivity index (χ1) is 9.01. The van der Waals surface area contributed by atoms with Crippen LogP contribution in [-0.4, -0.2) is 30.2 Å². The smallest absolute Gasteiger partial charge is 0.314 e. The molecule has 0 radical (unpaired) electrons. The average Bonchev–Trinajstić information content (AvgIpc) is 2.87. The summed E-state index contributed by atoms with van der Waals surface area (Å²) in [6.45, 7) is 11.2. The zero-order valence-electron chi connectivity index (χ0n) is 13.2. The molecule has 20 heavy (non-hydrogen) atoms. The SMILES string of the molecule is CC(C)(C)CC(CNC(=O)NCC1CC1(C)C)C(=O)O. The fourth-order valence-electron chi connectivity index (χ4n) is 2.40. The van der Waals surface area contributed by atoms with Crippen LogP contribution in [0.25, 0.3) is 0 Å². The van der Waals surface area contributed by atoms with E-state index in [1.54, 1.807) is 0 Å². The maximum Gasteiger partial charge on any atom is 0.314 e. The molecule has 1 rings (SSSR count). The molecule has 116 valence electrons. The van der Waals surface area contributed by atoms with Gasteiger partial charge < -0.3 is 15.7 Å². The summed E-state index contributed by atoms with van der Waals surface area (Å²) in [7, 11) is 0. The molecule has 5 heteroatoms. The summed E-state index contributed by atoms with van der Waals surface area (Å²) >= 11 is 0. The Hall–Kier alpha value is -1.26. The van der Waals surface area contributed by atoms with Crippen LogP contribution in [0.15, 0.2) is 0 Å². The quantitative estimate of drug-likeness (QED) is 0.701. The minimum atomic E-state index is -0.858. The van der Waals surface area contributed by atoms with Crippen LogP contribution in [-0.2, 0) is 4.79 Å². The van der Waals surface area contributed by atoms with Crippen LogP contribution in [0.5, 0.6) is 0 Å². The van der Waals surface area contributed by atoms with Crippen LogP contribution in [0.4, 0.5) is 4.79 Å². The van der Waals surface area contributed by atoms with E-state index in [-0.39, 0.29) is 18.0 Å². The summed E-state index contributed by atoms with van der Waals surface area (Å²) in [6, 6.07) is -0.271. The number of amides is 2. The summed E-state index contributed by atoms with van der Waals surface area (Å²) in [5.41, 5.74) is 0.266. The van der Waals surface area contributed by atoms with Gasteiger partial charge >= 0.3 is 12.0 Å². The van der Waals surface area contributed by atoms with E-state index in [1.165, 1.54) is 0 Å². The van der Waals surface area contributed by atoms with Gasteiger partial charge in [0.1, 0.15) is 0 Å². The van der Waals surface area contributed by atoms with Gasteiger partial charge in [0, 0.05) is 13.1 Å². The Labute approximate surface area is 121 Å². The Morgan fingerprint density at radius 1 is 1.30 bits per heavy atom. The van der Waals surface area contributed by atoms with Gasteiger partial charge in [0.2, 0.25) is 0 Å². The van der Waals surface area contributed by atoms with Crippen LogP contribution in [0.2, 0.25) is 0 Å². The monoisotopic (exact) mass is 284 g/mol. The van der Waals surface area contributed by atoms with Crippen molar-refractivity contribution in [1.29, 1.82) is 0 Å². The zero-order chi connectivity index (χ0) is 15.6. The van der Waals surface area contributed by atoms with Crippen molar-refractivity contribution in [1.82, 2.24) is 10.6 Å². The zero-order valence-corrected chi connectivity index (χ0v) is 13.2. The van der Waals surface area contributed by atoms with E-state index in [0.717, 1.165) is 6.42 Å². The van der Waals surface area contributed by atoms with Gasteiger partial charge in [-0.3, -0.25) is 4.79 Å². The molecule has 0 aromatic heterocycles. The second-order valence-electron chi connectivity index (χ2n) is 7.78. The molecular weight excluding hydrogens is 256 g/mol. The minimum Gasteiger partial charge on any atom is -0.481 e. The Morgan fingerprint density at radius 3 is 2.25 bits per heavy atom. The Morgan fingerprint density at radius 2 is 1.85 bits per heavy atom. The van der Waals surface area contributed by atoms with E-state index < -0.39 is 11.9 Å². The van der Waals surface area contributed by atoms with Gasteiger partial charge in [-0.2, -0.15) is 0 Å². The summed E-state index contributed by atoms with van der Waals surface area (Å²) < 4.78 is 0. The van der Waals surface area contributed by atoms with Crippen LogP contribution < -0.4 is 10.6 Å². The van der Waals surface area contributed by atoms with Crippen molar-refractivity contribution < 1.29 is 14.7 Å². The number of hydrogen-bond donors (Lipinski definition) is 3. The number of carboxylic acids is 1. The van der Waals surface area contributed by atoms with Crippen LogP contribution in [0, 0.1) is 22.7 Å². The molecule has 1 fully saturated rings. The van der Waals surface area contributed by atoms with Crippen molar-refractivity contribution in [2.24, 2.45) is 22.7 Å². The summed E-state index contributed by atoms with van der Waals surface area (Å²) in [5.74, 6) is -0.861. The fraction of sp³-hybridized carbons (Fsp3) is 0.867. The predicted octanol–water partition coefficient (Wildman–Crippen LogP) is 2.47. The van der Waals surface area contributed by atoms with Crippen LogP contribution in [0.3, 0.4) is 0 Å². The largest absolute Gasteiger partial charge is 0.481 e. The standard InChI is InChI=1S/C15H28N2O3/c1-14(2,3)6-10(12(18)19)8-16-13(20)17-9-11-7-15(11,4)5/h10-11H,6-9H2,1-5H3,(H,18,19)(H2,16,17,20). The first kappa shape index (κ1) is 16.8. The second-order valence-corrected chi connectivity index (χ2v) is 7.78. The highest BCUT2D eigenvalue weighted by Crippen LogP contribution is 2.50. The number of urea groups is 1. The third-order valence-corrected chi connectivity index (χ3v) is 3.94. The Balaban J connectivity index is 2.28. The van der Waals surface area contributed by atoms with Crippen LogP contribution >= 0.6 is 0 Å². The van der Waals surface area contributed by atoms with Gasteiger partial charge in [0.15, 0.2) is 0 Å². The molecule has 2 atom stereocenters. The number of rotatable bonds is 6. The topological polar surface area (TPSA) is 78.4 Å². The molecule has 1 saturated carbocycles. The molecule has 0 saturated heterocycles. The number of aliphatic carboxylic acids is 1. The normalized spacial score (nSPS) is 21.9. The van der Waals surface area contributed by atoms with E-state index in [4.69, 9.17) is 0 Å². The molecule has 2 unspecified atom stereocenters. The molecule has 3 N–H and O–H groups in total. The second kappa shape index (κ2) is 6.02. The van der Waals surface area contributed by atoms with E-state index in [1.807, 2.05) is 20.8 Å². The summed E-state index contributed by atoms with van der Waals surface area (Å²) in [5, 5.41) is 14.7. The number of carboxylic acid groups (broad SMARTS) is 1. The first-order valence-electron chi connectivity index (χ1n) is 7.26. The Bertz CT molecular complexity index is 372. The van der Waals surface area contributed by atoms with Gasteiger partial charge in [-0.1, -0.05) is 34.6 Å². The van der Waals surface area contributed by atoms with E-state index in [2.05, 4.69) is 24.5 Å². The number of hydrogen-bond acceptors (Lipinski definition) is 2. The number of carbonyl (C=O) groups excluding carboxylic acids is 1. The third-order valence-electron chi connectivity index (χ3n) is 3.94. The van der Waals surface area contributed by atoms with E-state index in [9.17, 15) is 14.7 Å². The summed E-state index contributed by atoms with van der Waals surface area (Å²) in [6.07, 6.45) is 1.67. The highest BCUT2D eigenvalue weighted by Gasteiger charge is 2.45. The first-order valence-corrected chi connectivity index (χ1v) is 7.26. The van der Waals surface area contributed by atoms with Gasteiger partial charge in [-0.05, 0) is 29.6 Å². The average molecular weight is 284 g/mol. The minimum absolute atomic E-state index is 0.0702. The van der Waals surface area contributed by atoms with Crippen LogP contribution in [0.1, 0.15) is 47.5 Å². The molecular formula is C15H28N2O3. The number of nitrogens with one attached hydrogen (secondary N) is 2. The van der Waals surface area contributed by atoms with Crippen molar-refractivity contribution >= 4 is 12.0 Å². The number of carbonyl (C=O) groups is 2. The molecule has 0 bridgehead atoms. The van der Waals surface area contributed by atoms with Crippen molar-refractivity contribution in [3.63, 3.8) is 0 Å². The van der Waals surface area contributed by atoms with Crippen molar-refractivity contribution in [2.45, 2.75) is 47.5 Å². The van der Waals surface area contributed by atoms with E-state index >= 15 is 0 Å². The molecule has 0 aliphatic heterocycles. The lowest BCUT2D eigenvalue weighted by Gasteiger charge is -2.23. The lowest BCUT2D eigenvalue weighted by molar-refractivity contribution is -0.142. The molecule has 0 heterocycles. The van der Waals surface area contributed by atoms with Crippen molar-refractivity contribution in [2.75, 3.05) is 13.1 Å². The maximum atomic E-state index is 11.7. The molecule has 5 nitrogen and oxygen atoms in total. The molecule has 1 aliphatic carbocycles. The third kappa shape index (κ3) is 5.80. The lowest BCUT2D eigenvalue weighted by Crippen LogP contribution is -2.41. The van der Waals surface area contributed by atoms with Gasteiger partial charge in [0.05, 0.1) is 5.92 Å². The molecule has 0 aromatic rings. The van der Waals surface area contributed by atoms with Gasteiger partial charge in [-0.15, -0.1) is 0 Å². The highest BCUT2D eigenvalue weighted by atomic mass is 16.4. The Kier molecular flexibility index (Phi) is 5.05. The highest BCUT2D eigenvalue weighted by molar-refractivity contribution is 5.75. The van der Waals surface area contributed by atoms with Crippen molar-refractivity contribution in [3.8, 4) is 0 Å². The fourth-order valence-corrected chi connectivity index (χ4v) is 2.40. The van der Waals surface area contributed by atoms with Gasteiger partial charge in [-0.25, -0.2) is 4.79 Å². The molecule has 0 spiro atoms. The molecule has 2 amide bonds. The lowest BCUT2D eigenvalue weighted by atomic mass is 9.84. The maximum absolute atomic E-state index is 11.7. The van der Waals surface area contributed by atoms with Gasteiger partial charge in [0.25, 0.3) is 0 Å². The van der Waals surface area contributed by atoms with Crippen molar-refractivity contribution in [3.05, 3.63) is 0 Å². The molecule has 1 aliphatic rings. The summed E-state index contributed by atoms with van der Waals surface area (Å²) in [4.78, 5) is 22.8. The predicted molar refractivity (Wildman–Crippen MR) is 78.5 cm³/mol. The van der Waals surface area contributed by atoms with E-state index in [0.29, 0.717) is 24.3 Å². The molecule has 0 aromatic carbocycles.